The number of benzene rings is 1. The number of nitrogens with zero attached hydrogens (tertiary/aromatic N) is 1. The van der Waals surface area contributed by atoms with Gasteiger partial charge in [-0.2, -0.15) is 4.31 Å². The highest BCUT2D eigenvalue weighted by Crippen LogP contribution is 2.30. The van der Waals surface area contributed by atoms with Crippen molar-refractivity contribution >= 4 is 27.5 Å². The van der Waals surface area contributed by atoms with E-state index in [0.29, 0.717) is 19.4 Å². The highest BCUT2D eigenvalue weighted by molar-refractivity contribution is 7.89. The molecule has 1 aliphatic heterocycles. The van der Waals surface area contributed by atoms with Gasteiger partial charge in [-0.05, 0) is 37.5 Å². The summed E-state index contributed by atoms with van der Waals surface area (Å²) in [6.45, 7) is 2.67. The van der Waals surface area contributed by atoms with Crippen LogP contribution >= 0.6 is 11.6 Å². The van der Waals surface area contributed by atoms with Gasteiger partial charge in [0, 0.05) is 13.1 Å². The molecule has 1 fully saturated rings. The van der Waals surface area contributed by atoms with Crippen LogP contribution in [0, 0.1) is 5.82 Å². The van der Waals surface area contributed by atoms with Crippen molar-refractivity contribution in [3.8, 4) is 0 Å². The zero-order valence-electron chi connectivity index (χ0n) is 12.2. The molecule has 1 aromatic rings. The molecule has 1 heterocycles. The van der Waals surface area contributed by atoms with Gasteiger partial charge in [0.1, 0.15) is 16.8 Å². The van der Waals surface area contributed by atoms with Gasteiger partial charge in [-0.1, -0.05) is 18.5 Å². The average molecular weight is 349 g/mol. The summed E-state index contributed by atoms with van der Waals surface area (Å²) in [6, 6.07) is 2.39. The Balaban J connectivity index is 2.29. The van der Waals surface area contributed by atoms with Crippen LogP contribution in [0.1, 0.15) is 26.2 Å². The highest BCUT2D eigenvalue weighted by atomic mass is 35.5. The molecule has 22 heavy (non-hydrogen) atoms. The van der Waals surface area contributed by atoms with E-state index in [1.165, 1.54) is 0 Å². The van der Waals surface area contributed by atoms with Crippen molar-refractivity contribution in [3.05, 3.63) is 29.0 Å². The third-order valence-electron chi connectivity index (χ3n) is 3.54. The lowest BCUT2D eigenvalue weighted by molar-refractivity contribution is -0.124. The van der Waals surface area contributed by atoms with E-state index in [0.717, 1.165) is 28.9 Å². The second-order valence-corrected chi connectivity index (χ2v) is 7.41. The molecule has 0 spiro atoms. The Kier molecular flexibility index (Phi) is 5.41. The molecule has 8 heteroatoms. The van der Waals surface area contributed by atoms with E-state index < -0.39 is 21.9 Å². The van der Waals surface area contributed by atoms with Crippen LogP contribution in [0.5, 0.6) is 0 Å². The molecule has 0 radical (unpaired) electrons. The van der Waals surface area contributed by atoms with Crippen molar-refractivity contribution in [2.75, 3.05) is 13.1 Å². The lowest BCUT2D eigenvalue weighted by atomic mass is 10.2. The Bertz CT molecular complexity index is 666. The Morgan fingerprint density at radius 1 is 1.50 bits per heavy atom. The first-order valence-corrected chi connectivity index (χ1v) is 8.94. The van der Waals surface area contributed by atoms with Gasteiger partial charge >= 0.3 is 0 Å². The predicted molar refractivity (Wildman–Crippen MR) is 81.6 cm³/mol. The molecule has 0 aliphatic carbocycles. The molecular formula is C14H18ClFN2O3S. The maximum Gasteiger partial charge on any atom is 0.245 e. The normalized spacial score (nSPS) is 19.3. The summed E-state index contributed by atoms with van der Waals surface area (Å²) in [4.78, 5) is 11.9. The Hall–Kier alpha value is -1.18. The van der Waals surface area contributed by atoms with Gasteiger partial charge in [-0.15, -0.1) is 0 Å². The zero-order chi connectivity index (χ0) is 16.3. The lowest BCUT2D eigenvalue weighted by Gasteiger charge is -2.23. The highest BCUT2D eigenvalue weighted by Gasteiger charge is 2.40. The summed E-state index contributed by atoms with van der Waals surface area (Å²) in [7, 11) is -3.93. The molecule has 1 atom stereocenters. The summed E-state index contributed by atoms with van der Waals surface area (Å²) in [5.41, 5.74) is 0. The quantitative estimate of drug-likeness (QED) is 0.886. The van der Waals surface area contributed by atoms with E-state index in [1.807, 2.05) is 6.92 Å². The van der Waals surface area contributed by atoms with Crippen LogP contribution in [-0.4, -0.2) is 37.8 Å². The summed E-state index contributed by atoms with van der Waals surface area (Å²) in [5.74, 6) is -0.913. The summed E-state index contributed by atoms with van der Waals surface area (Å²) in [5, 5.41) is 2.53. The summed E-state index contributed by atoms with van der Waals surface area (Å²) in [6.07, 6.45) is 1.84. The van der Waals surface area contributed by atoms with Gasteiger partial charge in [0.25, 0.3) is 0 Å². The lowest BCUT2D eigenvalue weighted by Crippen LogP contribution is -2.46. The molecule has 1 amide bonds. The summed E-state index contributed by atoms with van der Waals surface area (Å²) < 4.78 is 39.6. The Morgan fingerprint density at radius 2 is 2.23 bits per heavy atom. The molecule has 2 rings (SSSR count). The largest absolute Gasteiger partial charge is 0.355 e. The van der Waals surface area contributed by atoms with Crippen LogP contribution in [0.15, 0.2) is 23.1 Å². The molecule has 1 N–H and O–H groups in total. The van der Waals surface area contributed by atoms with Crippen molar-refractivity contribution in [3.63, 3.8) is 0 Å². The van der Waals surface area contributed by atoms with Crippen LogP contribution in [-0.2, 0) is 14.8 Å². The van der Waals surface area contributed by atoms with Crippen LogP contribution in [0.2, 0.25) is 5.02 Å². The molecule has 5 nitrogen and oxygen atoms in total. The number of hydrogen-bond acceptors (Lipinski definition) is 3. The molecule has 122 valence electrons. The first-order valence-electron chi connectivity index (χ1n) is 7.12. The predicted octanol–water partition coefficient (Wildman–Crippen LogP) is 2.16. The van der Waals surface area contributed by atoms with Crippen LogP contribution in [0.3, 0.4) is 0 Å². The standard InChI is InChI=1S/C14H18ClFN2O3S/c1-2-7-17-14(19)12-4-3-8-18(12)22(20,21)13-6-5-10(16)9-11(13)15/h5-6,9,12H,2-4,7-8H2,1H3,(H,17,19)/t12-/m1/s1. The van der Waals surface area contributed by atoms with Crippen LogP contribution in [0.4, 0.5) is 4.39 Å². The number of carbonyl (C=O) groups excluding carboxylic acids is 1. The van der Waals surface area contributed by atoms with Gasteiger partial charge in [-0.25, -0.2) is 12.8 Å². The van der Waals surface area contributed by atoms with Crippen molar-refractivity contribution in [1.29, 1.82) is 0 Å². The number of rotatable bonds is 5. The molecule has 1 aromatic carbocycles. The maximum absolute atomic E-state index is 13.1. The number of carbonyl (C=O) groups is 1. The summed E-state index contributed by atoms with van der Waals surface area (Å²) >= 11 is 5.86. The fourth-order valence-corrected chi connectivity index (χ4v) is 4.63. The van der Waals surface area contributed by atoms with E-state index in [2.05, 4.69) is 5.32 Å². The topological polar surface area (TPSA) is 66.5 Å². The van der Waals surface area contributed by atoms with Gasteiger partial charge in [0.05, 0.1) is 5.02 Å². The maximum atomic E-state index is 13.1. The monoisotopic (exact) mass is 348 g/mol. The van der Waals surface area contributed by atoms with Crippen LogP contribution in [0.25, 0.3) is 0 Å². The average Bonchev–Trinajstić information content (AvgIpc) is 2.94. The first kappa shape index (κ1) is 17.2. The number of nitrogens with one attached hydrogen (secondary N) is 1. The number of amides is 1. The van der Waals surface area contributed by atoms with E-state index in [9.17, 15) is 17.6 Å². The molecule has 1 aliphatic rings. The second-order valence-electron chi connectivity index (χ2n) is 5.14. The fraction of sp³-hybridized carbons (Fsp3) is 0.500. The van der Waals surface area contributed by atoms with E-state index in [4.69, 9.17) is 11.6 Å². The molecule has 0 bridgehead atoms. The number of halogens is 2. The van der Waals surface area contributed by atoms with Crippen LogP contribution < -0.4 is 5.32 Å². The Labute approximate surface area is 134 Å². The van der Waals surface area contributed by atoms with Gasteiger partial charge in [0.15, 0.2) is 0 Å². The number of hydrogen-bond donors (Lipinski definition) is 1. The number of sulfonamides is 1. The zero-order valence-corrected chi connectivity index (χ0v) is 13.8. The molecule has 1 saturated heterocycles. The van der Waals surface area contributed by atoms with Crippen molar-refractivity contribution < 1.29 is 17.6 Å². The van der Waals surface area contributed by atoms with E-state index in [-0.39, 0.29) is 22.4 Å². The SMILES string of the molecule is CCCNC(=O)[C@H]1CCCN1S(=O)(=O)c1ccc(F)cc1Cl. The molecular weight excluding hydrogens is 331 g/mol. The van der Waals surface area contributed by atoms with E-state index >= 15 is 0 Å². The first-order chi connectivity index (χ1) is 10.4. The second kappa shape index (κ2) is 6.93. The molecule has 0 aromatic heterocycles. The van der Waals surface area contributed by atoms with Crippen molar-refractivity contribution in [2.45, 2.75) is 37.1 Å². The van der Waals surface area contributed by atoms with Gasteiger partial charge < -0.3 is 5.32 Å². The molecule has 0 saturated carbocycles. The third kappa shape index (κ3) is 3.42. The van der Waals surface area contributed by atoms with Crippen molar-refractivity contribution in [1.82, 2.24) is 9.62 Å². The fourth-order valence-electron chi connectivity index (χ4n) is 2.47. The van der Waals surface area contributed by atoms with Crippen molar-refractivity contribution in [2.24, 2.45) is 0 Å². The van der Waals surface area contributed by atoms with Gasteiger partial charge in [0.2, 0.25) is 15.9 Å². The molecule has 0 unspecified atom stereocenters. The minimum atomic E-state index is -3.93. The van der Waals surface area contributed by atoms with Gasteiger partial charge in [-0.3, -0.25) is 4.79 Å². The minimum Gasteiger partial charge on any atom is -0.355 e. The van der Waals surface area contributed by atoms with E-state index in [1.54, 1.807) is 0 Å². The smallest absolute Gasteiger partial charge is 0.245 e. The third-order valence-corrected chi connectivity index (χ3v) is 5.93. The Morgan fingerprint density at radius 3 is 2.86 bits per heavy atom. The minimum absolute atomic E-state index is 0.175.